The molecular formula is C18H20ClN3O2S. The van der Waals surface area contributed by atoms with E-state index in [0.717, 1.165) is 12.8 Å². The van der Waals surface area contributed by atoms with E-state index in [4.69, 9.17) is 11.6 Å². The zero-order chi connectivity index (χ0) is 17.8. The van der Waals surface area contributed by atoms with E-state index in [1.54, 1.807) is 23.5 Å². The number of amides is 2. The molecule has 1 aliphatic rings. The first-order valence-electron chi connectivity index (χ1n) is 8.35. The molecule has 7 heteroatoms. The highest BCUT2D eigenvalue weighted by Crippen LogP contribution is 2.24. The van der Waals surface area contributed by atoms with Gasteiger partial charge in [0.25, 0.3) is 5.91 Å². The number of nitrogens with one attached hydrogen (secondary N) is 1. The van der Waals surface area contributed by atoms with Crippen LogP contribution in [0.5, 0.6) is 0 Å². The second-order valence-electron chi connectivity index (χ2n) is 6.06. The van der Waals surface area contributed by atoms with E-state index in [0.29, 0.717) is 30.2 Å². The molecule has 25 heavy (non-hydrogen) atoms. The molecule has 0 unspecified atom stereocenters. The van der Waals surface area contributed by atoms with Gasteiger partial charge in [-0.1, -0.05) is 24.9 Å². The molecule has 2 amide bonds. The van der Waals surface area contributed by atoms with E-state index in [-0.39, 0.29) is 11.8 Å². The second kappa shape index (κ2) is 7.97. The minimum absolute atomic E-state index is 0.0195. The maximum absolute atomic E-state index is 12.9. The van der Waals surface area contributed by atoms with Gasteiger partial charge in [0.2, 0.25) is 5.91 Å². The normalized spacial score (nSPS) is 14.7. The van der Waals surface area contributed by atoms with Crippen molar-refractivity contribution in [2.24, 2.45) is 0 Å². The first kappa shape index (κ1) is 17.9. The fourth-order valence-electron chi connectivity index (χ4n) is 2.95. The Morgan fingerprint density at radius 3 is 2.96 bits per heavy atom. The van der Waals surface area contributed by atoms with E-state index in [9.17, 15) is 9.59 Å². The van der Waals surface area contributed by atoms with E-state index >= 15 is 0 Å². The summed E-state index contributed by atoms with van der Waals surface area (Å²) in [5, 5.41) is 5.26. The Morgan fingerprint density at radius 1 is 1.40 bits per heavy atom. The SMILES string of the molecule is CCC[C@H](NC(=O)c1ccc(Cl)nc1)C(=O)N1CCc2sccc2C1. The summed E-state index contributed by atoms with van der Waals surface area (Å²) in [6, 6.07) is 4.73. The lowest BCUT2D eigenvalue weighted by Gasteiger charge is -2.30. The largest absolute Gasteiger partial charge is 0.340 e. The number of hydrogen-bond acceptors (Lipinski definition) is 4. The Kier molecular flexibility index (Phi) is 5.71. The number of aromatic nitrogens is 1. The maximum Gasteiger partial charge on any atom is 0.253 e. The third-order valence-electron chi connectivity index (χ3n) is 4.29. The fourth-order valence-corrected chi connectivity index (χ4v) is 3.96. The third kappa shape index (κ3) is 4.19. The van der Waals surface area contributed by atoms with Gasteiger partial charge in [-0.25, -0.2) is 4.98 Å². The van der Waals surface area contributed by atoms with Crippen molar-refractivity contribution >= 4 is 34.8 Å². The van der Waals surface area contributed by atoms with Crippen LogP contribution in [0, 0.1) is 0 Å². The minimum Gasteiger partial charge on any atom is -0.340 e. The van der Waals surface area contributed by atoms with Crippen molar-refractivity contribution in [1.82, 2.24) is 15.2 Å². The van der Waals surface area contributed by atoms with Crippen LogP contribution in [0.15, 0.2) is 29.8 Å². The quantitative estimate of drug-likeness (QED) is 0.813. The first-order chi connectivity index (χ1) is 12.1. The average molecular weight is 378 g/mol. The zero-order valence-electron chi connectivity index (χ0n) is 14.0. The summed E-state index contributed by atoms with van der Waals surface area (Å²) in [7, 11) is 0. The molecule has 0 saturated carbocycles. The van der Waals surface area contributed by atoms with Gasteiger partial charge >= 0.3 is 0 Å². The van der Waals surface area contributed by atoms with Crippen LogP contribution in [-0.2, 0) is 17.8 Å². The summed E-state index contributed by atoms with van der Waals surface area (Å²) in [4.78, 5) is 32.5. The topological polar surface area (TPSA) is 62.3 Å². The van der Waals surface area contributed by atoms with Gasteiger partial charge in [0.15, 0.2) is 0 Å². The van der Waals surface area contributed by atoms with Crippen molar-refractivity contribution in [2.75, 3.05) is 6.54 Å². The molecule has 0 spiro atoms. The van der Waals surface area contributed by atoms with Gasteiger partial charge in [0, 0.05) is 24.2 Å². The van der Waals surface area contributed by atoms with Crippen molar-refractivity contribution in [1.29, 1.82) is 0 Å². The van der Waals surface area contributed by atoms with Crippen LogP contribution in [0.25, 0.3) is 0 Å². The van der Waals surface area contributed by atoms with Crippen LogP contribution >= 0.6 is 22.9 Å². The molecule has 0 saturated heterocycles. The van der Waals surface area contributed by atoms with Crippen LogP contribution in [0.4, 0.5) is 0 Å². The van der Waals surface area contributed by atoms with Crippen LogP contribution in [0.3, 0.4) is 0 Å². The van der Waals surface area contributed by atoms with Crippen molar-refractivity contribution in [3.63, 3.8) is 0 Å². The smallest absolute Gasteiger partial charge is 0.253 e. The van der Waals surface area contributed by atoms with Crippen molar-refractivity contribution in [3.05, 3.63) is 50.9 Å². The van der Waals surface area contributed by atoms with Gasteiger partial charge in [0.05, 0.1) is 5.56 Å². The number of thiophene rings is 1. The number of pyridine rings is 1. The molecule has 3 heterocycles. The molecule has 132 valence electrons. The molecule has 2 aromatic rings. The summed E-state index contributed by atoms with van der Waals surface area (Å²) in [6.07, 6.45) is 3.72. The summed E-state index contributed by atoms with van der Waals surface area (Å²) in [6.45, 7) is 3.32. The molecule has 1 aliphatic heterocycles. The molecule has 0 aliphatic carbocycles. The molecule has 3 rings (SSSR count). The molecule has 0 aromatic carbocycles. The molecule has 1 N–H and O–H groups in total. The highest BCUT2D eigenvalue weighted by Gasteiger charge is 2.28. The molecule has 0 bridgehead atoms. The summed E-state index contributed by atoms with van der Waals surface area (Å²) < 4.78 is 0. The Bertz CT molecular complexity index is 760. The zero-order valence-corrected chi connectivity index (χ0v) is 15.6. The van der Waals surface area contributed by atoms with Gasteiger partial charge < -0.3 is 10.2 Å². The number of hydrogen-bond donors (Lipinski definition) is 1. The standard InChI is InChI=1S/C18H20ClN3O2S/c1-2-3-14(21-17(23)12-4-5-16(19)20-10-12)18(24)22-8-6-15-13(11-22)7-9-25-15/h4-5,7,9-10,14H,2-3,6,8,11H2,1H3,(H,21,23)/t14-/m0/s1. The van der Waals surface area contributed by atoms with E-state index in [1.165, 1.54) is 16.6 Å². The Labute approximate surface area is 156 Å². The molecule has 5 nitrogen and oxygen atoms in total. The van der Waals surface area contributed by atoms with Gasteiger partial charge in [-0.2, -0.15) is 0 Å². The lowest BCUT2D eigenvalue weighted by atomic mass is 10.1. The predicted molar refractivity (Wildman–Crippen MR) is 98.8 cm³/mol. The molecular weight excluding hydrogens is 358 g/mol. The average Bonchev–Trinajstić information content (AvgIpc) is 3.09. The highest BCUT2D eigenvalue weighted by molar-refractivity contribution is 7.10. The highest BCUT2D eigenvalue weighted by atomic mass is 35.5. The number of fused-ring (bicyclic) bond motifs is 1. The van der Waals surface area contributed by atoms with Crippen LogP contribution < -0.4 is 5.32 Å². The Morgan fingerprint density at radius 2 is 2.24 bits per heavy atom. The van der Waals surface area contributed by atoms with Crippen molar-refractivity contribution < 1.29 is 9.59 Å². The van der Waals surface area contributed by atoms with Crippen molar-refractivity contribution in [2.45, 2.75) is 38.8 Å². The lowest BCUT2D eigenvalue weighted by Crippen LogP contribution is -2.49. The number of carbonyl (C=O) groups is 2. The first-order valence-corrected chi connectivity index (χ1v) is 9.60. The van der Waals surface area contributed by atoms with Crippen LogP contribution in [0.1, 0.15) is 40.6 Å². The van der Waals surface area contributed by atoms with Gasteiger partial charge in [-0.3, -0.25) is 9.59 Å². The van der Waals surface area contributed by atoms with Crippen molar-refractivity contribution in [3.8, 4) is 0 Å². The monoisotopic (exact) mass is 377 g/mol. The Hall–Kier alpha value is -1.92. The third-order valence-corrected chi connectivity index (χ3v) is 5.54. The summed E-state index contributed by atoms with van der Waals surface area (Å²) in [5.74, 6) is -0.321. The van der Waals surface area contributed by atoms with E-state index < -0.39 is 6.04 Å². The number of carbonyl (C=O) groups excluding carboxylic acids is 2. The van der Waals surface area contributed by atoms with Gasteiger partial charge in [0.1, 0.15) is 11.2 Å². The van der Waals surface area contributed by atoms with Crippen LogP contribution in [0.2, 0.25) is 5.15 Å². The molecule has 0 fully saturated rings. The maximum atomic E-state index is 12.9. The molecule has 2 aromatic heterocycles. The number of nitrogens with zero attached hydrogens (tertiary/aromatic N) is 2. The Balaban J connectivity index is 1.69. The fraction of sp³-hybridized carbons (Fsp3) is 0.389. The molecule has 1 atom stereocenters. The van der Waals surface area contributed by atoms with Gasteiger partial charge in [-0.15, -0.1) is 11.3 Å². The minimum atomic E-state index is -0.520. The lowest BCUT2D eigenvalue weighted by molar-refractivity contribution is -0.134. The summed E-state index contributed by atoms with van der Waals surface area (Å²) in [5.41, 5.74) is 1.62. The number of halogens is 1. The second-order valence-corrected chi connectivity index (χ2v) is 7.45. The number of rotatable bonds is 5. The van der Waals surface area contributed by atoms with Crippen LogP contribution in [-0.4, -0.2) is 34.3 Å². The van der Waals surface area contributed by atoms with Gasteiger partial charge in [-0.05, 0) is 42.0 Å². The van der Waals surface area contributed by atoms with E-state index in [1.807, 2.05) is 11.8 Å². The van der Waals surface area contributed by atoms with E-state index in [2.05, 4.69) is 21.7 Å². The summed E-state index contributed by atoms with van der Waals surface area (Å²) >= 11 is 7.49. The molecule has 0 radical (unpaired) electrons. The predicted octanol–water partition coefficient (Wildman–Crippen LogP) is 3.28.